The summed E-state index contributed by atoms with van der Waals surface area (Å²) in [5, 5.41) is 2.44. The van der Waals surface area contributed by atoms with Crippen LogP contribution in [-0.2, 0) is 22.2 Å². The maximum Gasteiger partial charge on any atom is 0.416 e. The van der Waals surface area contributed by atoms with E-state index < -0.39 is 23.6 Å². The van der Waals surface area contributed by atoms with Crippen molar-refractivity contribution in [2.45, 2.75) is 32.4 Å². The number of carbonyl (C=O) groups is 2. The first-order valence-corrected chi connectivity index (χ1v) is 9.42. The number of benzene rings is 2. The van der Waals surface area contributed by atoms with Gasteiger partial charge in [-0.2, -0.15) is 13.2 Å². The molecule has 0 aromatic heterocycles. The molecule has 0 saturated heterocycles. The molecule has 0 fully saturated rings. The summed E-state index contributed by atoms with van der Waals surface area (Å²) in [6.07, 6.45) is -1.53. The van der Waals surface area contributed by atoms with Crippen LogP contribution in [0.25, 0.3) is 0 Å². The SMILES string of the molecule is CCCCc1ccc(NC2=C(Cl)C(=O)N(c3cccc(C(F)(F)F)c3)C2=O)cc1. The van der Waals surface area contributed by atoms with Crippen LogP contribution < -0.4 is 10.2 Å². The van der Waals surface area contributed by atoms with Crippen LogP contribution in [-0.4, -0.2) is 11.8 Å². The average Bonchev–Trinajstić information content (AvgIpc) is 2.90. The Hall–Kier alpha value is -2.80. The van der Waals surface area contributed by atoms with Crippen LogP contribution in [0.2, 0.25) is 0 Å². The molecule has 2 aromatic rings. The van der Waals surface area contributed by atoms with Gasteiger partial charge >= 0.3 is 6.18 Å². The fourth-order valence-corrected chi connectivity index (χ4v) is 3.16. The number of halogens is 4. The van der Waals surface area contributed by atoms with Gasteiger partial charge in [0.25, 0.3) is 11.8 Å². The van der Waals surface area contributed by atoms with Gasteiger partial charge < -0.3 is 5.32 Å². The molecule has 1 aliphatic heterocycles. The Morgan fingerprint density at radius 3 is 2.34 bits per heavy atom. The van der Waals surface area contributed by atoms with E-state index in [1.54, 1.807) is 12.1 Å². The van der Waals surface area contributed by atoms with Gasteiger partial charge in [0.05, 0.1) is 11.3 Å². The molecule has 0 aliphatic carbocycles. The highest BCUT2D eigenvalue weighted by atomic mass is 35.5. The molecule has 2 amide bonds. The maximum atomic E-state index is 13.0. The second kappa shape index (κ2) is 8.29. The van der Waals surface area contributed by atoms with E-state index >= 15 is 0 Å². The van der Waals surface area contributed by atoms with Crippen molar-refractivity contribution in [2.24, 2.45) is 0 Å². The fraction of sp³-hybridized carbons (Fsp3) is 0.238. The minimum atomic E-state index is -4.60. The van der Waals surface area contributed by atoms with Crippen molar-refractivity contribution >= 4 is 34.8 Å². The zero-order valence-electron chi connectivity index (χ0n) is 15.5. The normalized spacial score (nSPS) is 14.7. The summed E-state index contributed by atoms with van der Waals surface area (Å²) in [6.45, 7) is 2.10. The number of rotatable bonds is 6. The number of anilines is 2. The van der Waals surface area contributed by atoms with Crippen molar-refractivity contribution in [1.29, 1.82) is 0 Å². The summed E-state index contributed by atoms with van der Waals surface area (Å²) in [4.78, 5) is 25.8. The minimum Gasteiger partial charge on any atom is -0.350 e. The smallest absolute Gasteiger partial charge is 0.350 e. The van der Waals surface area contributed by atoms with Gasteiger partial charge in [0.2, 0.25) is 0 Å². The molecule has 152 valence electrons. The Balaban J connectivity index is 1.82. The van der Waals surface area contributed by atoms with Crippen LogP contribution in [0.4, 0.5) is 24.5 Å². The average molecular weight is 423 g/mol. The van der Waals surface area contributed by atoms with E-state index in [-0.39, 0.29) is 16.4 Å². The Labute approximate surface area is 171 Å². The molecular formula is C21H18ClF3N2O2. The molecule has 0 spiro atoms. The first kappa shape index (κ1) is 20.9. The monoisotopic (exact) mass is 422 g/mol. The Kier molecular flexibility index (Phi) is 5.98. The first-order valence-electron chi connectivity index (χ1n) is 9.04. The topological polar surface area (TPSA) is 49.4 Å². The highest BCUT2D eigenvalue weighted by molar-refractivity contribution is 6.53. The van der Waals surface area contributed by atoms with Gasteiger partial charge in [-0.25, -0.2) is 4.90 Å². The lowest BCUT2D eigenvalue weighted by molar-refractivity contribution is -0.137. The summed E-state index contributed by atoms with van der Waals surface area (Å²) < 4.78 is 38.9. The van der Waals surface area contributed by atoms with Crippen molar-refractivity contribution in [3.8, 4) is 0 Å². The van der Waals surface area contributed by atoms with Crippen LogP contribution in [0.1, 0.15) is 30.9 Å². The number of aryl methyl sites for hydroxylation is 1. The highest BCUT2D eigenvalue weighted by Gasteiger charge is 2.40. The number of unbranched alkanes of at least 4 members (excludes halogenated alkanes) is 1. The number of hydrogen-bond donors (Lipinski definition) is 1. The lowest BCUT2D eigenvalue weighted by atomic mass is 10.1. The van der Waals surface area contributed by atoms with E-state index in [9.17, 15) is 22.8 Å². The zero-order chi connectivity index (χ0) is 21.2. The molecule has 2 aromatic carbocycles. The zero-order valence-corrected chi connectivity index (χ0v) is 16.3. The quantitative estimate of drug-likeness (QED) is 0.627. The molecule has 1 heterocycles. The van der Waals surface area contributed by atoms with Gasteiger partial charge in [-0.1, -0.05) is 43.1 Å². The standard InChI is InChI=1S/C21H18ClF3N2O2/c1-2-3-5-13-8-10-15(11-9-13)26-18-17(22)19(28)27(20(18)29)16-7-4-6-14(12-16)21(23,24)25/h4,6-12,26H,2-3,5H2,1H3. The number of alkyl halides is 3. The van der Waals surface area contributed by atoms with Crippen molar-refractivity contribution < 1.29 is 22.8 Å². The number of nitrogens with zero attached hydrogens (tertiary/aromatic N) is 1. The van der Waals surface area contributed by atoms with Crippen LogP contribution >= 0.6 is 11.6 Å². The molecule has 0 bridgehead atoms. The lowest BCUT2D eigenvalue weighted by Crippen LogP contribution is -2.32. The molecule has 1 aliphatic rings. The number of hydrogen-bond acceptors (Lipinski definition) is 3. The lowest BCUT2D eigenvalue weighted by Gasteiger charge is -2.17. The molecule has 3 rings (SSSR count). The first-order chi connectivity index (χ1) is 13.7. The van der Waals surface area contributed by atoms with Crippen molar-refractivity contribution in [3.63, 3.8) is 0 Å². The summed E-state index contributed by atoms with van der Waals surface area (Å²) >= 11 is 6.03. The second-order valence-electron chi connectivity index (χ2n) is 6.61. The van der Waals surface area contributed by atoms with E-state index in [4.69, 9.17) is 11.6 Å². The summed E-state index contributed by atoms with van der Waals surface area (Å²) in [5.74, 6) is -1.69. The largest absolute Gasteiger partial charge is 0.416 e. The Morgan fingerprint density at radius 2 is 1.72 bits per heavy atom. The van der Waals surface area contributed by atoms with E-state index in [1.807, 2.05) is 12.1 Å². The van der Waals surface area contributed by atoms with Crippen molar-refractivity contribution in [1.82, 2.24) is 0 Å². The molecule has 29 heavy (non-hydrogen) atoms. The van der Waals surface area contributed by atoms with Gasteiger partial charge in [-0.15, -0.1) is 0 Å². The van der Waals surface area contributed by atoms with Gasteiger partial charge in [0.1, 0.15) is 10.7 Å². The van der Waals surface area contributed by atoms with Gasteiger partial charge in [0.15, 0.2) is 0 Å². The van der Waals surface area contributed by atoms with E-state index in [0.717, 1.165) is 43.0 Å². The van der Waals surface area contributed by atoms with Crippen LogP contribution in [0.3, 0.4) is 0 Å². The summed E-state index contributed by atoms with van der Waals surface area (Å²) in [5.41, 5.74) is 0.355. The van der Waals surface area contributed by atoms with Crippen molar-refractivity contribution in [2.75, 3.05) is 10.2 Å². The van der Waals surface area contributed by atoms with Crippen LogP contribution in [0.15, 0.2) is 59.3 Å². The minimum absolute atomic E-state index is 0.171. The van der Waals surface area contributed by atoms with Gasteiger partial charge in [0, 0.05) is 5.69 Å². The highest BCUT2D eigenvalue weighted by Crippen LogP contribution is 2.35. The van der Waals surface area contributed by atoms with E-state index in [2.05, 4.69) is 12.2 Å². The molecule has 0 atom stereocenters. The Bertz CT molecular complexity index is 969. The molecule has 1 N–H and O–H groups in total. The summed E-state index contributed by atoms with van der Waals surface area (Å²) in [6, 6.07) is 11.3. The number of nitrogens with one attached hydrogen (secondary N) is 1. The van der Waals surface area contributed by atoms with Gasteiger partial charge in [-0.3, -0.25) is 9.59 Å². The summed E-state index contributed by atoms with van der Waals surface area (Å²) in [7, 11) is 0. The Morgan fingerprint density at radius 1 is 1.03 bits per heavy atom. The molecule has 0 unspecified atom stereocenters. The fourth-order valence-electron chi connectivity index (χ4n) is 2.95. The van der Waals surface area contributed by atoms with Crippen LogP contribution in [0, 0.1) is 0 Å². The predicted octanol–water partition coefficient (Wildman–Crippen LogP) is 5.48. The van der Waals surface area contributed by atoms with Gasteiger partial charge in [-0.05, 0) is 48.7 Å². The van der Waals surface area contributed by atoms with E-state index in [1.165, 1.54) is 6.07 Å². The second-order valence-corrected chi connectivity index (χ2v) is 6.99. The molecular weight excluding hydrogens is 405 g/mol. The van der Waals surface area contributed by atoms with Crippen molar-refractivity contribution in [3.05, 3.63) is 70.4 Å². The molecule has 4 nitrogen and oxygen atoms in total. The maximum absolute atomic E-state index is 13.0. The number of amides is 2. The number of imide groups is 1. The third-order valence-corrected chi connectivity index (χ3v) is 4.85. The molecule has 0 radical (unpaired) electrons. The number of carbonyl (C=O) groups excluding carboxylic acids is 2. The third-order valence-electron chi connectivity index (χ3n) is 4.50. The molecule has 0 saturated carbocycles. The molecule has 8 heteroatoms. The van der Waals surface area contributed by atoms with Crippen LogP contribution in [0.5, 0.6) is 0 Å². The third kappa shape index (κ3) is 4.45. The predicted molar refractivity (Wildman–Crippen MR) is 105 cm³/mol. The van der Waals surface area contributed by atoms with E-state index in [0.29, 0.717) is 10.6 Å².